The van der Waals surface area contributed by atoms with E-state index in [0.29, 0.717) is 10.7 Å². The maximum absolute atomic E-state index is 13.7. The van der Waals surface area contributed by atoms with Gasteiger partial charge in [-0.3, -0.25) is 4.79 Å². The Balaban J connectivity index is 1.75. The van der Waals surface area contributed by atoms with Crippen molar-refractivity contribution in [1.29, 1.82) is 0 Å². The van der Waals surface area contributed by atoms with E-state index in [0.717, 1.165) is 24.3 Å². The number of rotatable bonds is 5. The van der Waals surface area contributed by atoms with Gasteiger partial charge in [-0.05, 0) is 30.3 Å². The summed E-state index contributed by atoms with van der Waals surface area (Å²) in [4.78, 5) is 11.1. The molecule has 1 N–H and O–H groups in total. The molecule has 0 unspecified atom stereocenters. The van der Waals surface area contributed by atoms with Crippen molar-refractivity contribution in [1.82, 2.24) is 5.32 Å². The second-order valence-corrected chi connectivity index (χ2v) is 6.16. The highest BCUT2D eigenvalue weighted by Gasteiger charge is 2.16. The van der Waals surface area contributed by atoms with Gasteiger partial charge in [-0.1, -0.05) is 11.8 Å². The summed E-state index contributed by atoms with van der Waals surface area (Å²) in [5.41, 5.74) is 0.393. The van der Waals surface area contributed by atoms with E-state index in [2.05, 4.69) is 15.5 Å². The predicted molar refractivity (Wildman–Crippen MR) is 92.7 cm³/mol. The first-order valence-corrected chi connectivity index (χ1v) is 8.40. The number of benzene rings is 2. The average molecular weight is 379 g/mol. The molecule has 0 radical (unpaired) electrons. The molecule has 1 aliphatic heterocycles. The number of nitrogens with one attached hydrogen (secondary N) is 1. The van der Waals surface area contributed by atoms with Crippen LogP contribution in [-0.4, -0.2) is 23.0 Å². The third-order valence-electron chi connectivity index (χ3n) is 3.30. The van der Waals surface area contributed by atoms with Gasteiger partial charge in [0.2, 0.25) is 5.91 Å². The molecule has 1 fully saturated rings. The Morgan fingerprint density at radius 3 is 2.69 bits per heavy atom. The van der Waals surface area contributed by atoms with Crippen LogP contribution in [-0.2, 0) is 11.4 Å². The van der Waals surface area contributed by atoms with Crippen molar-refractivity contribution in [2.75, 3.05) is 5.75 Å². The maximum Gasteiger partial charge on any atom is 0.236 e. The van der Waals surface area contributed by atoms with E-state index in [-0.39, 0.29) is 29.6 Å². The van der Waals surface area contributed by atoms with Crippen molar-refractivity contribution in [3.05, 3.63) is 65.0 Å². The first kappa shape index (κ1) is 18.0. The molecule has 0 bridgehead atoms. The third-order valence-corrected chi connectivity index (χ3v) is 4.16. The molecule has 134 valence electrons. The Labute approximate surface area is 151 Å². The van der Waals surface area contributed by atoms with Crippen LogP contribution in [0.2, 0.25) is 0 Å². The monoisotopic (exact) mass is 379 g/mol. The molecule has 1 amide bonds. The standard InChI is InChI=1S/C17H12F3N3O2S/c18-12-3-4-14(20)11(5-12)8-25-15-6-13(19)2-1-10(15)7-21-23-17-22-16(24)9-26-17/h1-7H,8-9H2,(H,22,23,24). The number of carbonyl (C=O) groups is 1. The Bertz CT molecular complexity index is 903. The van der Waals surface area contributed by atoms with Gasteiger partial charge in [0.1, 0.15) is 29.8 Å². The van der Waals surface area contributed by atoms with Crippen molar-refractivity contribution in [3.63, 3.8) is 0 Å². The lowest BCUT2D eigenvalue weighted by Gasteiger charge is -2.10. The minimum Gasteiger partial charge on any atom is -0.488 e. The number of hydrogen-bond acceptors (Lipinski definition) is 5. The molecule has 1 aliphatic rings. The Hall–Kier alpha value is -2.81. The van der Waals surface area contributed by atoms with Gasteiger partial charge in [0.25, 0.3) is 0 Å². The lowest BCUT2D eigenvalue weighted by Crippen LogP contribution is -2.19. The predicted octanol–water partition coefficient (Wildman–Crippen LogP) is 3.24. The zero-order valence-corrected chi connectivity index (χ0v) is 14.0. The molecular formula is C17H12F3N3O2S. The van der Waals surface area contributed by atoms with Gasteiger partial charge in [0, 0.05) is 17.2 Å². The number of amidine groups is 1. The molecule has 0 saturated carbocycles. The van der Waals surface area contributed by atoms with Crippen LogP contribution in [0.15, 0.2) is 46.6 Å². The van der Waals surface area contributed by atoms with Crippen molar-refractivity contribution in [2.24, 2.45) is 10.2 Å². The van der Waals surface area contributed by atoms with Gasteiger partial charge in [0.15, 0.2) is 5.17 Å². The summed E-state index contributed by atoms with van der Waals surface area (Å²) in [6, 6.07) is 6.72. The summed E-state index contributed by atoms with van der Waals surface area (Å²) in [6.45, 7) is -0.283. The minimum absolute atomic E-state index is 0.00228. The first-order valence-electron chi connectivity index (χ1n) is 7.41. The van der Waals surface area contributed by atoms with Crippen molar-refractivity contribution >= 4 is 29.1 Å². The lowest BCUT2D eigenvalue weighted by molar-refractivity contribution is -0.116. The molecule has 0 atom stereocenters. The van der Waals surface area contributed by atoms with Crippen LogP contribution < -0.4 is 10.1 Å². The van der Waals surface area contributed by atoms with Crippen LogP contribution in [0.3, 0.4) is 0 Å². The number of nitrogens with zero attached hydrogens (tertiary/aromatic N) is 2. The number of amides is 1. The summed E-state index contributed by atoms with van der Waals surface area (Å²) in [5, 5.41) is 10.5. The molecule has 0 aliphatic carbocycles. The fraction of sp³-hybridized carbons (Fsp3) is 0.118. The van der Waals surface area contributed by atoms with Gasteiger partial charge < -0.3 is 10.1 Å². The summed E-state index contributed by atoms with van der Waals surface area (Å²) in [6.07, 6.45) is 1.31. The molecule has 3 rings (SSSR count). The molecule has 26 heavy (non-hydrogen) atoms. The molecule has 1 saturated heterocycles. The Morgan fingerprint density at radius 2 is 1.92 bits per heavy atom. The number of halogens is 3. The SMILES string of the molecule is O=C1CSC(=NN=Cc2ccc(F)cc2OCc2cc(F)ccc2F)N1. The van der Waals surface area contributed by atoms with Crippen molar-refractivity contribution in [3.8, 4) is 5.75 Å². The van der Waals surface area contributed by atoms with E-state index in [1.807, 2.05) is 0 Å². The zero-order valence-electron chi connectivity index (χ0n) is 13.2. The lowest BCUT2D eigenvalue weighted by atomic mass is 10.2. The highest BCUT2D eigenvalue weighted by molar-refractivity contribution is 8.15. The second kappa shape index (κ2) is 8.05. The molecular weight excluding hydrogens is 367 g/mol. The second-order valence-electron chi connectivity index (χ2n) is 5.19. The van der Waals surface area contributed by atoms with Gasteiger partial charge in [-0.2, -0.15) is 5.10 Å². The van der Waals surface area contributed by atoms with E-state index >= 15 is 0 Å². The normalized spacial score (nSPS) is 15.7. The largest absolute Gasteiger partial charge is 0.488 e. The summed E-state index contributed by atoms with van der Waals surface area (Å²) in [7, 11) is 0. The molecule has 5 nitrogen and oxygen atoms in total. The van der Waals surface area contributed by atoms with Crippen LogP contribution in [0.4, 0.5) is 13.2 Å². The fourth-order valence-electron chi connectivity index (χ4n) is 2.07. The number of hydrogen-bond donors (Lipinski definition) is 1. The van der Waals surface area contributed by atoms with E-state index < -0.39 is 17.5 Å². The van der Waals surface area contributed by atoms with Gasteiger partial charge in [0.05, 0.1) is 12.0 Å². The van der Waals surface area contributed by atoms with E-state index in [4.69, 9.17) is 4.74 Å². The molecule has 1 heterocycles. The maximum atomic E-state index is 13.7. The highest BCUT2D eigenvalue weighted by Crippen LogP contribution is 2.21. The number of ether oxygens (including phenoxy) is 1. The summed E-state index contributed by atoms with van der Waals surface area (Å²) >= 11 is 1.21. The topological polar surface area (TPSA) is 63.0 Å². The summed E-state index contributed by atoms with van der Waals surface area (Å²) in [5.74, 6) is -1.57. The van der Waals surface area contributed by atoms with Gasteiger partial charge >= 0.3 is 0 Å². The van der Waals surface area contributed by atoms with Crippen molar-refractivity contribution < 1.29 is 22.7 Å². The molecule has 0 aromatic heterocycles. The molecule has 2 aromatic carbocycles. The summed E-state index contributed by atoms with van der Waals surface area (Å²) < 4.78 is 45.8. The highest BCUT2D eigenvalue weighted by atomic mass is 32.2. The number of carbonyl (C=O) groups excluding carboxylic acids is 1. The van der Waals surface area contributed by atoms with E-state index in [9.17, 15) is 18.0 Å². The fourth-order valence-corrected chi connectivity index (χ4v) is 2.70. The molecule has 9 heteroatoms. The smallest absolute Gasteiger partial charge is 0.236 e. The van der Waals surface area contributed by atoms with Crippen LogP contribution >= 0.6 is 11.8 Å². The average Bonchev–Trinajstić information content (AvgIpc) is 3.02. The zero-order chi connectivity index (χ0) is 18.5. The third kappa shape index (κ3) is 4.63. The minimum atomic E-state index is -0.626. The van der Waals surface area contributed by atoms with Crippen LogP contribution in [0, 0.1) is 17.5 Å². The Morgan fingerprint density at radius 1 is 1.15 bits per heavy atom. The Kier molecular flexibility index (Phi) is 5.57. The quantitative estimate of drug-likeness (QED) is 0.641. The molecule has 2 aromatic rings. The van der Waals surface area contributed by atoms with E-state index in [1.165, 1.54) is 30.1 Å². The van der Waals surface area contributed by atoms with Gasteiger partial charge in [-0.15, -0.1) is 5.10 Å². The van der Waals surface area contributed by atoms with Crippen LogP contribution in [0.5, 0.6) is 5.75 Å². The van der Waals surface area contributed by atoms with Crippen molar-refractivity contribution in [2.45, 2.75) is 6.61 Å². The van der Waals surface area contributed by atoms with Crippen LogP contribution in [0.25, 0.3) is 0 Å². The van der Waals surface area contributed by atoms with E-state index in [1.54, 1.807) is 0 Å². The van der Waals surface area contributed by atoms with Gasteiger partial charge in [-0.25, -0.2) is 13.2 Å². The molecule has 0 spiro atoms. The number of thioether (sulfide) groups is 1. The first-order chi connectivity index (χ1) is 12.5. The van der Waals surface area contributed by atoms with Crippen LogP contribution in [0.1, 0.15) is 11.1 Å².